The van der Waals surface area contributed by atoms with Gasteiger partial charge in [-0.05, 0) is 47.7 Å². The maximum atomic E-state index is 11.0. The Morgan fingerprint density at radius 2 is 1.70 bits per heavy atom. The van der Waals surface area contributed by atoms with Crippen LogP contribution >= 0.6 is 0 Å². The summed E-state index contributed by atoms with van der Waals surface area (Å²) in [4.78, 5) is 4.73. The first-order chi connectivity index (χ1) is 14.5. The normalized spacial score (nSPS) is 12.4. The summed E-state index contributed by atoms with van der Waals surface area (Å²) in [6, 6.07) is 24.0. The van der Waals surface area contributed by atoms with Gasteiger partial charge in [0.15, 0.2) is 0 Å². The second kappa shape index (κ2) is 8.72. The van der Waals surface area contributed by atoms with Gasteiger partial charge in [0.1, 0.15) is 24.3 Å². The summed E-state index contributed by atoms with van der Waals surface area (Å²) in [5.74, 6) is 1.96. The third-order valence-corrected chi connectivity index (χ3v) is 5.41. The first kappa shape index (κ1) is 20.2. The zero-order valence-corrected chi connectivity index (χ0v) is 17.7. The van der Waals surface area contributed by atoms with Gasteiger partial charge in [-0.15, -0.1) is 0 Å². The lowest BCUT2D eigenvalue weighted by atomic mass is 10.0. The van der Waals surface area contributed by atoms with Gasteiger partial charge >= 0.3 is 0 Å². The molecule has 4 aromatic rings. The van der Waals surface area contributed by atoms with E-state index in [0.717, 1.165) is 22.3 Å². The number of ether oxygens (including phenoxy) is 1. The van der Waals surface area contributed by atoms with E-state index in [-0.39, 0.29) is 0 Å². The summed E-state index contributed by atoms with van der Waals surface area (Å²) in [7, 11) is 0. The molecule has 4 rings (SSSR count). The van der Waals surface area contributed by atoms with Crippen molar-refractivity contribution in [1.82, 2.24) is 9.55 Å². The second-order valence-electron chi connectivity index (χ2n) is 7.97. The zero-order chi connectivity index (χ0) is 21.1. The molecule has 1 atom stereocenters. The molecule has 3 aromatic carbocycles. The minimum atomic E-state index is -0.788. The van der Waals surface area contributed by atoms with Crippen molar-refractivity contribution in [3.63, 3.8) is 0 Å². The van der Waals surface area contributed by atoms with Crippen LogP contribution in [0.2, 0.25) is 0 Å². The Morgan fingerprint density at radius 3 is 2.47 bits per heavy atom. The standard InChI is InChI=1S/C26H28N2O2/c1-18(2)21-14-13-19(3)17-24(21)30-16-15-28-23-12-8-7-11-22(23)27-26(28)25(29)20-9-5-4-6-10-20/h4-14,17-18,25,29H,15-16H2,1-3H3. The van der Waals surface area contributed by atoms with Crippen LogP contribution in [-0.2, 0) is 6.54 Å². The quantitative estimate of drug-likeness (QED) is 0.437. The second-order valence-corrected chi connectivity index (χ2v) is 7.97. The molecule has 0 spiro atoms. The number of aryl methyl sites for hydroxylation is 1. The fourth-order valence-electron chi connectivity index (χ4n) is 3.81. The topological polar surface area (TPSA) is 47.3 Å². The van der Waals surface area contributed by atoms with Crippen molar-refractivity contribution in [1.29, 1.82) is 0 Å². The molecule has 0 saturated heterocycles. The highest BCUT2D eigenvalue weighted by Crippen LogP contribution is 2.29. The number of para-hydroxylation sites is 2. The molecule has 4 heteroatoms. The van der Waals surface area contributed by atoms with Crippen molar-refractivity contribution in [2.24, 2.45) is 0 Å². The number of hydrogen-bond acceptors (Lipinski definition) is 3. The van der Waals surface area contributed by atoms with Gasteiger partial charge in [0.05, 0.1) is 17.6 Å². The SMILES string of the molecule is Cc1ccc(C(C)C)c(OCCn2c(C(O)c3ccccc3)nc3ccccc32)c1. The lowest BCUT2D eigenvalue weighted by Gasteiger charge is -2.17. The van der Waals surface area contributed by atoms with E-state index in [1.54, 1.807) is 0 Å². The van der Waals surface area contributed by atoms with Crippen LogP contribution in [0, 0.1) is 6.92 Å². The Morgan fingerprint density at radius 1 is 0.967 bits per heavy atom. The summed E-state index contributed by atoms with van der Waals surface area (Å²) < 4.78 is 8.28. The smallest absolute Gasteiger partial charge is 0.143 e. The molecule has 1 unspecified atom stereocenters. The first-order valence-electron chi connectivity index (χ1n) is 10.5. The van der Waals surface area contributed by atoms with E-state index in [9.17, 15) is 5.11 Å². The van der Waals surface area contributed by atoms with Crippen LogP contribution in [0.3, 0.4) is 0 Å². The molecule has 0 bridgehead atoms. The van der Waals surface area contributed by atoms with E-state index in [2.05, 4.69) is 43.5 Å². The zero-order valence-electron chi connectivity index (χ0n) is 17.7. The molecular weight excluding hydrogens is 372 g/mol. The third-order valence-electron chi connectivity index (χ3n) is 5.41. The Labute approximate surface area is 177 Å². The average Bonchev–Trinajstić information content (AvgIpc) is 3.12. The average molecular weight is 401 g/mol. The number of fused-ring (bicyclic) bond motifs is 1. The van der Waals surface area contributed by atoms with Gasteiger partial charge in [-0.3, -0.25) is 0 Å². The molecule has 0 aliphatic rings. The molecule has 1 aromatic heterocycles. The van der Waals surface area contributed by atoms with Crippen molar-refractivity contribution in [2.75, 3.05) is 6.61 Å². The number of nitrogens with zero attached hydrogens (tertiary/aromatic N) is 2. The summed E-state index contributed by atoms with van der Waals surface area (Å²) in [6.07, 6.45) is -0.788. The number of rotatable bonds is 7. The number of imidazole rings is 1. The molecule has 30 heavy (non-hydrogen) atoms. The number of benzene rings is 3. The van der Waals surface area contributed by atoms with Gasteiger partial charge in [-0.25, -0.2) is 4.98 Å². The van der Waals surface area contributed by atoms with Crippen LogP contribution in [0.1, 0.15) is 48.4 Å². The van der Waals surface area contributed by atoms with Crippen LogP contribution < -0.4 is 4.74 Å². The predicted molar refractivity (Wildman–Crippen MR) is 121 cm³/mol. The number of hydrogen-bond donors (Lipinski definition) is 1. The van der Waals surface area contributed by atoms with Crippen LogP contribution in [0.15, 0.2) is 72.8 Å². The van der Waals surface area contributed by atoms with Crippen molar-refractivity contribution >= 4 is 11.0 Å². The minimum Gasteiger partial charge on any atom is -0.491 e. The molecule has 0 aliphatic carbocycles. The van der Waals surface area contributed by atoms with Crippen LogP contribution in [0.5, 0.6) is 5.75 Å². The highest BCUT2D eigenvalue weighted by Gasteiger charge is 2.20. The van der Waals surface area contributed by atoms with Crippen molar-refractivity contribution in [3.05, 3.63) is 95.3 Å². The van der Waals surface area contributed by atoms with Crippen LogP contribution in [0.25, 0.3) is 11.0 Å². The highest BCUT2D eigenvalue weighted by atomic mass is 16.5. The van der Waals surface area contributed by atoms with Gasteiger partial charge in [0.25, 0.3) is 0 Å². The minimum absolute atomic E-state index is 0.394. The number of aliphatic hydroxyl groups excluding tert-OH is 1. The summed E-state index contributed by atoms with van der Waals surface area (Å²) in [5.41, 5.74) is 5.10. The molecule has 4 nitrogen and oxygen atoms in total. The van der Waals surface area contributed by atoms with E-state index in [1.165, 1.54) is 11.1 Å². The lowest BCUT2D eigenvalue weighted by molar-refractivity contribution is 0.201. The Balaban J connectivity index is 1.62. The van der Waals surface area contributed by atoms with Gasteiger partial charge in [0, 0.05) is 0 Å². The third kappa shape index (κ3) is 4.10. The lowest BCUT2D eigenvalue weighted by Crippen LogP contribution is -2.15. The van der Waals surface area contributed by atoms with Gasteiger partial charge < -0.3 is 14.4 Å². The molecule has 0 aliphatic heterocycles. The number of aliphatic hydroxyl groups is 1. The molecule has 0 amide bonds. The Hall–Kier alpha value is -3.11. The summed E-state index contributed by atoms with van der Waals surface area (Å²) in [5, 5.41) is 11.0. The molecular formula is C26H28N2O2. The maximum Gasteiger partial charge on any atom is 0.143 e. The van der Waals surface area contributed by atoms with Crippen molar-refractivity contribution < 1.29 is 9.84 Å². The molecule has 0 radical (unpaired) electrons. The van der Waals surface area contributed by atoms with E-state index < -0.39 is 6.10 Å². The maximum absolute atomic E-state index is 11.0. The summed E-state index contributed by atoms with van der Waals surface area (Å²) in [6.45, 7) is 7.53. The Kier molecular flexibility index (Phi) is 5.86. The van der Waals surface area contributed by atoms with Crippen molar-refractivity contribution in [2.45, 2.75) is 39.3 Å². The Bertz CT molecular complexity index is 1130. The van der Waals surface area contributed by atoms with Gasteiger partial charge in [0.2, 0.25) is 0 Å². The summed E-state index contributed by atoms with van der Waals surface area (Å²) >= 11 is 0. The molecule has 0 saturated carbocycles. The van der Waals surface area contributed by atoms with Crippen LogP contribution in [-0.4, -0.2) is 21.3 Å². The fraction of sp³-hybridized carbons (Fsp3) is 0.269. The van der Waals surface area contributed by atoms with Crippen LogP contribution in [0.4, 0.5) is 0 Å². The van der Waals surface area contributed by atoms with E-state index >= 15 is 0 Å². The largest absolute Gasteiger partial charge is 0.491 e. The molecule has 1 heterocycles. The molecule has 0 fully saturated rings. The molecule has 154 valence electrons. The molecule has 1 N–H and O–H groups in total. The van der Waals surface area contributed by atoms with E-state index in [0.29, 0.717) is 24.9 Å². The highest BCUT2D eigenvalue weighted by molar-refractivity contribution is 5.76. The predicted octanol–water partition coefficient (Wildman–Crippen LogP) is 5.63. The fourth-order valence-corrected chi connectivity index (χ4v) is 3.81. The van der Waals surface area contributed by atoms with E-state index in [4.69, 9.17) is 9.72 Å². The number of aromatic nitrogens is 2. The van der Waals surface area contributed by atoms with E-state index in [1.807, 2.05) is 54.6 Å². The first-order valence-corrected chi connectivity index (χ1v) is 10.5. The van der Waals surface area contributed by atoms with Gasteiger partial charge in [-0.1, -0.05) is 68.4 Å². The van der Waals surface area contributed by atoms with Gasteiger partial charge in [-0.2, -0.15) is 0 Å². The monoisotopic (exact) mass is 400 g/mol. The van der Waals surface area contributed by atoms with Crippen molar-refractivity contribution in [3.8, 4) is 5.75 Å².